The van der Waals surface area contributed by atoms with Gasteiger partial charge in [0, 0.05) is 174 Å². The Bertz CT molecular complexity index is 4220. The Morgan fingerprint density at radius 1 is 0.277 bits per heavy atom. The molecule has 0 fully saturated rings. The van der Waals surface area contributed by atoms with Crippen molar-refractivity contribution in [3.05, 3.63) is 144 Å². The van der Waals surface area contributed by atoms with Gasteiger partial charge in [-0.1, -0.05) is 297 Å². The van der Waals surface area contributed by atoms with Crippen LogP contribution in [-0.4, -0.2) is 196 Å². The second-order valence-corrected chi connectivity index (χ2v) is 38.3. The molecule has 0 saturated heterocycles. The lowest BCUT2D eigenvalue weighted by atomic mass is 10.0. The fraction of sp³-hybridized carbons (Fsp3) is 0.676. The number of amides is 10. The summed E-state index contributed by atoms with van der Waals surface area (Å²) in [6.07, 6.45) is 71.4. The zero-order chi connectivity index (χ0) is 97.3. The number of aromatic amines is 6. The van der Waals surface area contributed by atoms with Crippen LogP contribution in [0.3, 0.4) is 0 Å². The zero-order valence-corrected chi connectivity index (χ0v) is 83.1. The highest BCUT2D eigenvalue weighted by atomic mass is 16.2. The van der Waals surface area contributed by atoms with E-state index in [2.05, 4.69) is 112 Å². The average Bonchev–Trinajstić information content (AvgIpc) is 1.66. The minimum absolute atomic E-state index is 0.0127. The van der Waals surface area contributed by atoms with Crippen LogP contribution in [-0.2, 0) is 94.8 Å². The van der Waals surface area contributed by atoms with Gasteiger partial charge in [0.2, 0.25) is 59.1 Å². The van der Waals surface area contributed by atoms with Gasteiger partial charge in [-0.05, 0) is 55.4 Å². The van der Waals surface area contributed by atoms with Crippen LogP contribution in [0, 0.1) is 0 Å². The number of nitrogens with one attached hydrogen (secondary N) is 12. The largest absolute Gasteiger partial charge is 0.366 e. The minimum Gasteiger partial charge on any atom is -0.366 e. The molecule has 1 aliphatic rings. The maximum absolute atomic E-state index is 16.2. The molecule has 32 nitrogen and oxygen atoms in total. The van der Waals surface area contributed by atoms with E-state index in [-0.39, 0.29) is 133 Å². The van der Waals surface area contributed by atoms with Crippen LogP contribution in [0.25, 0.3) is 0 Å². The molecule has 2 bridgehead atoms. The SMILES string of the molecule is CCCCCCCCCCCCCCCCCC(=O)N[C@@H](Cc1cnc[nH]1)C(=O)N[C@@H](Cc1cnc[nH]1)C(=O)N1CCCN(C(=O)[C@H](Cc2cnc[nH]2)NC(=O)[C@H](Cc2cnc[nH]2)NC(=O)CCCCCCCCCCCCCCCCC)Cc2cc(cc(C(N)=O)c2)CN(C(=O)[C@H](Cc2cnc[nH]2)NC(=O)[C@H](Cc2cnc[nH]2)NC(=O)CCCCCCCCCCCCCCCCC)CCC1. The molecule has 6 atom stereocenters. The number of hydrogen-bond acceptors (Lipinski definition) is 16. The number of hydrogen-bond donors (Lipinski definition) is 13. The predicted molar refractivity (Wildman–Crippen MR) is 536 cm³/mol. The summed E-state index contributed by atoms with van der Waals surface area (Å²) in [5.74, 6) is -5.39. The molecule has 0 unspecified atom stereocenters. The Morgan fingerprint density at radius 2 is 0.482 bits per heavy atom. The van der Waals surface area contributed by atoms with Crippen molar-refractivity contribution < 1.29 is 47.9 Å². The van der Waals surface area contributed by atoms with Gasteiger partial charge in [0.15, 0.2) is 0 Å². The van der Waals surface area contributed by atoms with Crippen LogP contribution in [0.1, 0.15) is 397 Å². The molecule has 10 amide bonds. The van der Waals surface area contributed by atoms with E-state index in [9.17, 15) is 19.2 Å². The Labute approximate surface area is 814 Å². The molecule has 14 N–H and O–H groups in total. The summed E-state index contributed by atoms with van der Waals surface area (Å²) >= 11 is 0. The van der Waals surface area contributed by atoms with Gasteiger partial charge >= 0.3 is 0 Å². The number of rotatable bonds is 73. The molecule has 7 aromatic rings. The van der Waals surface area contributed by atoms with Crippen molar-refractivity contribution in [2.45, 2.75) is 430 Å². The minimum atomic E-state index is -1.33. The summed E-state index contributed by atoms with van der Waals surface area (Å²) in [5, 5.41) is 18.1. The van der Waals surface area contributed by atoms with Gasteiger partial charge in [-0.3, -0.25) is 47.9 Å². The highest BCUT2D eigenvalue weighted by Crippen LogP contribution is 2.24. The first-order valence-corrected chi connectivity index (χ1v) is 52.9. The van der Waals surface area contributed by atoms with E-state index in [1.54, 1.807) is 60.3 Å². The molecule has 7 heterocycles. The van der Waals surface area contributed by atoms with Gasteiger partial charge in [0.05, 0.1) is 38.0 Å². The predicted octanol–water partition coefficient (Wildman–Crippen LogP) is 16.6. The Hall–Kier alpha value is -10.8. The van der Waals surface area contributed by atoms with Gasteiger partial charge in [0.1, 0.15) is 36.3 Å². The summed E-state index contributed by atoms with van der Waals surface area (Å²) in [7, 11) is 0. The summed E-state index contributed by atoms with van der Waals surface area (Å²) in [6, 6.07) is -2.54. The van der Waals surface area contributed by atoms with E-state index in [0.29, 0.717) is 64.6 Å². The number of nitrogens with two attached hydrogens (primary N) is 1. The van der Waals surface area contributed by atoms with Crippen molar-refractivity contribution >= 4 is 59.1 Å². The Morgan fingerprint density at radius 3 is 0.693 bits per heavy atom. The number of benzene rings is 1. The van der Waals surface area contributed by atoms with E-state index in [4.69, 9.17) is 5.73 Å². The van der Waals surface area contributed by atoms with E-state index in [1.165, 1.54) is 240 Å². The molecule has 32 heteroatoms. The fourth-order valence-corrected chi connectivity index (χ4v) is 18.5. The zero-order valence-electron chi connectivity index (χ0n) is 83.1. The molecular formula is C105H168N22O10. The van der Waals surface area contributed by atoms with Crippen molar-refractivity contribution in [3.8, 4) is 0 Å². The molecular weight excluding hydrogens is 1730 g/mol. The first kappa shape index (κ1) is 111. The number of H-pyrrole nitrogens is 6. The number of carbonyl (C=O) groups is 10. The lowest BCUT2D eigenvalue weighted by Crippen LogP contribution is -2.57. The smallest absolute Gasteiger partial charge is 0.248 e. The molecule has 8 rings (SSSR count). The second kappa shape index (κ2) is 68.2. The maximum atomic E-state index is 16.2. The van der Waals surface area contributed by atoms with Crippen LogP contribution in [0.4, 0.5) is 0 Å². The van der Waals surface area contributed by atoms with Crippen molar-refractivity contribution in [1.82, 2.24) is 106 Å². The molecule has 758 valence electrons. The average molecular weight is 1900 g/mol. The monoisotopic (exact) mass is 1900 g/mol. The summed E-state index contributed by atoms with van der Waals surface area (Å²) in [5.41, 5.74) is 10.3. The topological polar surface area (TPSA) is 451 Å². The molecule has 1 aliphatic heterocycles. The normalized spacial score (nSPS) is 13.9. The number of carbonyl (C=O) groups excluding carboxylic acids is 10. The van der Waals surface area contributed by atoms with Crippen LogP contribution in [0.5, 0.6) is 0 Å². The van der Waals surface area contributed by atoms with E-state index >= 15 is 28.8 Å². The third-order valence-corrected chi connectivity index (χ3v) is 26.4. The van der Waals surface area contributed by atoms with Gasteiger partial charge in [-0.25, -0.2) is 29.9 Å². The van der Waals surface area contributed by atoms with E-state index in [1.807, 2.05) is 0 Å². The standard InChI is InChI=1S/C105H168N22O10/c1-4-7-10-13-16-19-22-25-28-31-34-37-40-43-46-51-96(128)119-90(61-84-67-107-75-113-84)100(132)122-93(64-87-70-110-78-116-87)103(135)125-54-49-56-126(104(136)94(65-88-71-111-79-117-88)123-101(133)91(62-85-68-108-76-114-85)120-97(129)52-47-44-41-38-35-32-29-26-23-20-17-14-11-8-5-2)73-81-58-82(60-83(59-81)99(106)131)74-127(57-50-55-125)105(137)95(66-89-72-112-80-118-89)124-102(134)92(63-86-69-109-77-115-86)121-98(130)53-48-45-42-39-36-33-30-27-24-21-18-15-12-9-6-3/h58-60,67-72,75-80,90-95H,4-57,61-66,73-74H2,1-3H3,(H2,106,131)(H,107,113)(H,108,114)(H,109,115)(H,110,116)(H,111,117)(H,112,118)(H,119,128)(H,120,129)(H,121,130)(H,122,132)(H,123,133)(H,124,134)/t90-,91-,92-,93-,94-,95-/m0/s1. The molecule has 0 saturated carbocycles. The Kier molecular flexibility index (Phi) is 55.5. The molecule has 0 spiro atoms. The van der Waals surface area contributed by atoms with Crippen LogP contribution < -0.4 is 37.6 Å². The number of fused-ring (bicyclic) bond motifs is 2. The third kappa shape index (κ3) is 46.5. The highest BCUT2D eigenvalue weighted by Gasteiger charge is 2.37. The maximum Gasteiger partial charge on any atom is 0.248 e. The van der Waals surface area contributed by atoms with Crippen molar-refractivity contribution in [1.29, 1.82) is 0 Å². The quantitative estimate of drug-likeness (QED) is 0.0158. The molecule has 0 aliphatic carbocycles. The third-order valence-electron chi connectivity index (χ3n) is 26.4. The van der Waals surface area contributed by atoms with Gasteiger partial charge in [-0.2, -0.15) is 0 Å². The number of nitrogens with zero attached hydrogens (tertiary/aromatic N) is 9. The van der Waals surface area contributed by atoms with Crippen LogP contribution >= 0.6 is 0 Å². The van der Waals surface area contributed by atoms with Crippen molar-refractivity contribution in [2.24, 2.45) is 5.73 Å². The first-order chi connectivity index (χ1) is 66.9. The van der Waals surface area contributed by atoms with Crippen LogP contribution in [0.2, 0.25) is 0 Å². The summed E-state index contributed by atoms with van der Waals surface area (Å²) < 4.78 is 0. The molecule has 137 heavy (non-hydrogen) atoms. The van der Waals surface area contributed by atoms with Crippen molar-refractivity contribution in [2.75, 3.05) is 26.2 Å². The number of primary amides is 1. The lowest BCUT2D eigenvalue weighted by Gasteiger charge is -2.33. The van der Waals surface area contributed by atoms with Gasteiger partial charge < -0.3 is 82.2 Å². The number of aromatic nitrogens is 12. The first-order valence-electron chi connectivity index (χ1n) is 52.9. The summed E-state index contributed by atoms with van der Waals surface area (Å²) in [6.45, 7) is 6.10. The van der Waals surface area contributed by atoms with E-state index in [0.717, 1.165) is 77.0 Å². The van der Waals surface area contributed by atoms with Gasteiger partial charge in [-0.15, -0.1) is 0 Å². The second-order valence-electron chi connectivity index (χ2n) is 38.3. The number of unbranched alkanes of at least 4 members (excludes halogenated alkanes) is 42. The summed E-state index contributed by atoms with van der Waals surface area (Å²) in [4.78, 5) is 199. The number of imidazole rings is 6. The van der Waals surface area contributed by atoms with Crippen LogP contribution in [0.15, 0.2) is 93.3 Å². The lowest BCUT2D eigenvalue weighted by molar-refractivity contribution is -0.139. The Balaban J connectivity index is 1.05. The van der Waals surface area contributed by atoms with Crippen molar-refractivity contribution in [3.63, 3.8) is 0 Å². The fourth-order valence-electron chi connectivity index (χ4n) is 18.5. The van der Waals surface area contributed by atoms with E-state index < -0.39 is 77.6 Å². The molecule has 1 aromatic carbocycles. The molecule has 0 radical (unpaired) electrons. The van der Waals surface area contributed by atoms with Gasteiger partial charge in [0.25, 0.3) is 0 Å². The highest BCUT2D eigenvalue weighted by molar-refractivity contribution is 5.96. The molecule has 6 aromatic heterocycles.